The highest BCUT2D eigenvalue weighted by atomic mass is 15.2. The maximum Gasteiger partial charge on any atom is 0.0896 e. The molecule has 0 aromatic carbocycles. The van der Waals surface area contributed by atoms with Crippen molar-refractivity contribution in [1.29, 1.82) is 0 Å². The van der Waals surface area contributed by atoms with Crippen LogP contribution in [0.25, 0.3) is 5.52 Å². The van der Waals surface area contributed by atoms with Crippen LogP contribution in [0.15, 0.2) is 36.4 Å². The van der Waals surface area contributed by atoms with Gasteiger partial charge in [-0.3, -0.25) is 4.98 Å². The van der Waals surface area contributed by atoms with Crippen molar-refractivity contribution in [3.63, 3.8) is 0 Å². The Hall–Kier alpha value is -1.68. The monoisotopic (exact) mass is 256 g/mol. The molecule has 1 aliphatic carbocycles. The lowest BCUT2D eigenvalue weighted by Gasteiger charge is -2.18. The van der Waals surface area contributed by atoms with Crippen LogP contribution in [0.2, 0.25) is 0 Å². The first-order chi connectivity index (χ1) is 9.40. The lowest BCUT2D eigenvalue weighted by atomic mass is 9.96. The average molecular weight is 256 g/mol. The van der Waals surface area contributed by atoms with E-state index in [1.54, 1.807) is 6.20 Å². The first-order valence-corrected chi connectivity index (χ1v) is 7.03. The molecular weight excluding hydrogens is 236 g/mol. The van der Waals surface area contributed by atoms with E-state index in [2.05, 4.69) is 21.5 Å². The van der Waals surface area contributed by atoms with Crippen LogP contribution in [0.4, 0.5) is 0 Å². The van der Waals surface area contributed by atoms with Gasteiger partial charge in [0.05, 0.1) is 24.0 Å². The molecule has 0 spiro atoms. The Morgan fingerprint density at radius 1 is 1.26 bits per heavy atom. The second-order valence-corrected chi connectivity index (χ2v) is 5.11. The van der Waals surface area contributed by atoms with Gasteiger partial charge < -0.3 is 5.32 Å². The lowest BCUT2D eigenvalue weighted by Crippen LogP contribution is -2.18. The second-order valence-electron chi connectivity index (χ2n) is 5.11. The highest BCUT2D eigenvalue weighted by Gasteiger charge is 2.19. The van der Waals surface area contributed by atoms with E-state index in [0.717, 1.165) is 5.52 Å². The van der Waals surface area contributed by atoms with Crippen LogP contribution in [-0.2, 0) is 0 Å². The van der Waals surface area contributed by atoms with Gasteiger partial charge in [0.25, 0.3) is 0 Å². The van der Waals surface area contributed by atoms with Crippen LogP contribution in [0, 0.1) is 0 Å². The fraction of sp³-hybridized carbons (Fsp3) is 0.467. The molecule has 0 amide bonds. The van der Waals surface area contributed by atoms with Gasteiger partial charge in [-0.2, -0.15) is 5.10 Å². The Bertz CT molecular complexity index is 585. The third-order valence-electron chi connectivity index (χ3n) is 3.90. The summed E-state index contributed by atoms with van der Waals surface area (Å²) in [4.78, 5) is 4.22. The van der Waals surface area contributed by atoms with E-state index < -0.39 is 0 Å². The second kappa shape index (κ2) is 5.53. The van der Waals surface area contributed by atoms with E-state index in [9.17, 15) is 0 Å². The van der Waals surface area contributed by atoms with Crippen molar-refractivity contribution in [3.05, 3.63) is 42.0 Å². The predicted octanol–water partition coefficient (Wildman–Crippen LogP) is 2.88. The number of allylic oxidation sites excluding steroid dienone is 1. The molecule has 100 valence electrons. The van der Waals surface area contributed by atoms with Crippen LogP contribution in [0.1, 0.15) is 43.7 Å². The van der Waals surface area contributed by atoms with Gasteiger partial charge in [0.15, 0.2) is 0 Å². The number of nitrogens with one attached hydrogen (secondary N) is 1. The molecule has 0 bridgehead atoms. The molecular formula is C15H20N4. The van der Waals surface area contributed by atoms with Gasteiger partial charge in [0.1, 0.15) is 0 Å². The van der Waals surface area contributed by atoms with Crippen molar-refractivity contribution < 1.29 is 0 Å². The fourth-order valence-corrected chi connectivity index (χ4v) is 2.92. The first kappa shape index (κ1) is 12.4. The summed E-state index contributed by atoms with van der Waals surface area (Å²) in [6, 6.07) is 0.264. The summed E-state index contributed by atoms with van der Waals surface area (Å²) in [7, 11) is 2.02. The van der Waals surface area contributed by atoms with E-state index in [0.29, 0.717) is 0 Å². The molecule has 1 aliphatic rings. The van der Waals surface area contributed by atoms with Gasteiger partial charge >= 0.3 is 0 Å². The smallest absolute Gasteiger partial charge is 0.0896 e. The zero-order chi connectivity index (χ0) is 13.1. The number of hydrogen-bond donors (Lipinski definition) is 1. The maximum absolute atomic E-state index is 4.42. The molecule has 1 unspecified atom stereocenters. The van der Waals surface area contributed by atoms with Gasteiger partial charge in [0.2, 0.25) is 0 Å². The molecule has 4 nitrogen and oxygen atoms in total. The van der Waals surface area contributed by atoms with Gasteiger partial charge in [-0.15, -0.1) is 0 Å². The average Bonchev–Trinajstić information content (AvgIpc) is 2.69. The van der Waals surface area contributed by atoms with Crippen molar-refractivity contribution in [2.24, 2.45) is 0 Å². The minimum Gasteiger partial charge on any atom is -0.309 e. The quantitative estimate of drug-likeness (QED) is 0.859. The minimum absolute atomic E-state index is 0.264. The molecule has 0 radical (unpaired) electrons. The van der Waals surface area contributed by atoms with Crippen molar-refractivity contribution in [3.8, 4) is 0 Å². The Kier molecular flexibility index (Phi) is 3.60. The van der Waals surface area contributed by atoms with Gasteiger partial charge in [-0.1, -0.05) is 18.1 Å². The number of fused-ring (bicyclic) bond motifs is 1. The van der Waals surface area contributed by atoms with Crippen LogP contribution in [0.5, 0.6) is 0 Å². The van der Waals surface area contributed by atoms with Crippen molar-refractivity contribution in [2.45, 2.75) is 38.1 Å². The molecule has 2 aromatic rings. The summed E-state index contributed by atoms with van der Waals surface area (Å²) in [6.07, 6.45) is 16.3. The molecule has 2 heterocycles. The zero-order valence-electron chi connectivity index (χ0n) is 11.3. The van der Waals surface area contributed by atoms with Crippen LogP contribution >= 0.6 is 0 Å². The summed E-state index contributed by atoms with van der Waals surface area (Å²) in [5.74, 6) is 0. The number of likely N-dealkylation sites (N-methyl/N-ethyl adjacent to an activating group) is 1. The number of nitrogens with zero attached hydrogens (tertiary/aromatic N) is 3. The van der Waals surface area contributed by atoms with Gasteiger partial charge in [0, 0.05) is 18.0 Å². The molecule has 3 rings (SSSR count). The van der Waals surface area contributed by atoms with Crippen molar-refractivity contribution in [1.82, 2.24) is 19.9 Å². The van der Waals surface area contributed by atoms with Crippen LogP contribution in [0.3, 0.4) is 0 Å². The van der Waals surface area contributed by atoms with Crippen molar-refractivity contribution in [2.75, 3.05) is 7.05 Å². The Morgan fingerprint density at radius 3 is 3.11 bits per heavy atom. The molecule has 0 saturated carbocycles. The maximum atomic E-state index is 4.42. The highest BCUT2D eigenvalue weighted by Crippen LogP contribution is 2.30. The summed E-state index contributed by atoms with van der Waals surface area (Å²) < 4.78 is 1.89. The Morgan fingerprint density at radius 2 is 2.21 bits per heavy atom. The SMILES string of the molecule is CNC(C1=CCCCCC1)c1cnn2ccncc12. The topological polar surface area (TPSA) is 42.2 Å². The van der Waals surface area contributed by atoms with E-state index >= 15 is 0 Å². The number of hydrogen-bond acceptors (Lipinski definition) is 3. The van der Waals surface area contributed by atoms with E-state index in [4.69, 9.17) is 0 Å². The third-order valence-corrected chi connectivity index (χ3v) is 3.90. The molecule has 4 heteroatoms. The lowest BCUT2D eigenvalue weighted by molar-refractivity contribution is 0.631. The number of rotatable bonds is 3. The summed E-state index contributed by atoms with van der Waals surface area (Å²) in [5.41, 5.74) is 3.81. The molecule has 19 heavy (non-hydrogen) atoms. The highest BCUT2D eigenvalue weighted by molar-refractivity contribution is 5.55. The standard InChI is InChI=1S/C15H20N4/c1-16-15(12-6-4-2-3-5-7-12)13-10-18-19-9-8-17-11-14(13)19/h6,8-11,15-16H,2-5,7H2,1H3. The normalized spacial score (nSPS) is 18.1. The fourth-order valence-electron chi connectivity index (χ4n) is 2.92. The summed E-state index contributed by atoms with van der Waals surface area (Å²) in [6.45, 7) is 0. The van der Waals surface area contributed by atoms with Crippen LogP contribution < -0.4 is 5.32 Å². The van der Waals surface area contributed by atoms with E-state index in [1.807, 2.05) is 30.2 Å². The molecule has 1 N–H and O–H groups in total. The summed E-state index contributed by atoms with van der Waals surface area (Å²) in [5, 5.41) is 7.86. The molecule has 0 aliphatic heterocycles. The molecule has 0 saturated heterocycles. The van der Waals surface area contributed by atoms with Crippen LogP contribution in [-0.4, -0.2) is 21.6 Å². The third kappa shape index (κ3) is 2.40. The molecule has 0 fully saturated rings. The largest absolute Gasteiger partial charge is 0.309 e. The van der Waals surface area contributed by atoms with E-state index in [1.165, 1.54) is 43.2 Å². The van der Waals surface area contributed by atoms with Crippen molar-refractivity contribution >= 4 is 5.52 Å². The van der Waals surface area contributed by atoms with Gasteiger partial charge in [-0.25, -0.2) is 4.52 Å². The molecule has 2 aromatic heterocycles. The minimum atomic E-state index is 0.264. The van der Waals surface area contributed by atoms with E-state index in [-0.39, 0.29) is 6.04 Å². The summed E-state index contributed by atoms with van der Waals surface area (Å²) >= 11 is 0. The number of aromatic nitrogens is 3. The Balaban J connectivity index is 1.99. The van der Waals surface area contributed by atoms with Gasteiger partial charge in [-0.05, 0) is 32.7 Å². The first-order valence-electron chi connectivity index (χ1n) is 7.03. The Labute approximate surface area is 113 Å². The molecule has 1 atom stereocenters. The predicted molar refractivity (Wildman–Crippen MR) is 76.0 cm³/mol. The zero-order valence-corrected chi connectivity index (χ0v) is 11.3.